The van der Waals surface area contributed by atoms with Gasteiger partial charge in [0, 0.05) is 0 Å². The highest BCUT2D eigenvalue weighted by Crippen LogP contribution is 2.31. The highest BCUT2D eigenvalue weighted by Gasteiger charge is 2.41. The number of hydrogen-bond donors (Lipinski definition) is 1. The van der Waals surface area contributed by atoms with Gasteiger partial charge in [-0.2, -0.15) is 0 Å². The van der Waals surface area contributed by atoms with Gasteiger partial charge in [-0.1, -0.05) is 39.0 Å². The lowest BCUT2D eigenvalue weighted by atomic mass is 9.82. The van der Waals surface area contributed by atoms with Crippen molar-refractivity contribution in [2.24, 2.45) is 0 Å². The second-order valence-electron chi connectivity index (χ2n) is 4.62. The van der Waals surface area contributed by atoms with Crippen molar-refractivity contribution < 1.29 is 9.90 Å². The molecule has 0 spiro atoms. The second-order valence-corrected chi connectivity index (χ2v) is 4.62. The fourth-order valence-electron chi connectivity index (χ4n) is 2.55. The first-order valence-electron chi connectivity index (χ1n) is 6.08. The van der Waals surface area contributed by atoms with Crippen molar-refractivity contribution >= 4 is 5.97 Å². The van der Waals surface area contributed by atoms with Gasteiger partial charge in [0.25, 0.3) is 0 Å². The molecule has 1 N–H and O–H groups in total. The van der Waals surface area contributed by atoms with Crippen molar-refractivity contribution in [1.29, 1.82) is 0 Å². The smallest absolute Gasteiger partial charge is 0.324 e. The summed E-state index contributed by atoms with van der Waals surface area (Å²) in [6.07, 6.45) is 7.37. The van der Waals surface area contributed by atoms with Gasteiger partial charge in [0.1, 0.15) is 5.54 Å². The summed E-state index contributed by atoms with van der Waals surface area (Å²) in [5, 5.41) is 9.47. The number of likely N-dealkylation sites (N-methyl/N-ethyl adjacent to an activating group) is 1. The Kier molecular flexibility index (Phi) is 4.58. The number of aliphatic carboxylic acids is 1. The van der Waals surface area contributed by atoms with Crippen LogP contribution in [0.5, 0.6) is 0 Å². The van der Waals surface area contributed by atoms with E-state index in [0.717, 1.165) is 32.2 Å². The minimum Gasteiger partial charge on any atom is -0.480 e. The van der Waals surface area contributed by atoms with E-state index in [9.17, 15) is 9.90 Å². The number of rotatable bonds is 3. The van der Waals surface area contributed by atoms with E-state index in [1.54, 1.807) is 0 Å². The van der Waals surface area contributed by atoms with E-state index in [2.05, 4.69) is 0 Å². The Bertz CT molecular complexity index is 208. The average molecular weight is 213 g/mol. The quantitative estimate of drug-likeness (QED) is 0.783. The summed E-state index contributed by atoms with van der Waals surface area (Å²) in [6, 6.07) is 0. The molecule has 0 saturated heterocycles. The molecule has 0 amide bonds. The minimum absolute atomic E-state index is 0.588. The van der Waals surface area contributed by atoms with Crippen LogP contribution in [0.2, 0.25) is 0 Å². The highest BCUT2D eigenvalue weighted by atomic mass is 16.4. The summed E-state index contributed by atoms with van der Waals surface area (Å²) in [7, 11) is 1.94. The molecule has 0 aromatic carbocycles. The van der Waals surface area contributed by atoms with E-state index < -0.39 is 11.5 Å². The van der Waals surface area contributed by atoms with E-state index in [4.69, 9.17) is 0 Å². The normalized spacial score (nSPS) is 22.1. The SMILES string of the molecule is CCN(C)C1(C(=O)O)CCCCCCC1. The summed E-state index contributed by atoms with van der Waals surface area (Å²) >= 11 is 0. The molecule has 1 aliphatic rings. The van der Waals surface area contributed by atoms with Crippen LogP contribution in [-0.4, -0.2) is 35.1 Å². The number of carbonyl (C=O) groups is 1. The van der Waals surface area contributed by atoms with Crippen molar-refractivity contribution in [3.8, 4) is 0 Å². The van der Waals surface area contributed by atoms with Crippen LogP contribution in [0.3, 0.4) is 0 Å². The molecule has 0 aliphatic heterocycles. The lowest BCUT2D eigenvalue weighted by Gasteiger charge is -2.39. The standard InChI is InChI=1S/C12H23NO2/c1-3-13(2)12(11(14)15)9-7-5-4-6-8-10-12/h3-10H2,1-2H3,(H,14,15). The number of carboxylic acid groups (broad SMARTS) is 1. The van der Waals surface area contributed by atoms with Gasteiger partial charge in [0.05, 0.1) is 0 Å². The monoisotopic (exact) mass is 213 g/mol. The Morgan fingerprint density at radius 3 is 2.07 bits per heavy atom. The molecule has 1 aliphatic carbocycles. The predicted octanol–water partition coefficient (Wildman–Crippen LogP) is 2.51. The largest absolute Gasteiger partial charge is 0.480 e. The van der Waals surface area contributed by atoms with Gasteiger partial charge in [-0.3, -0.25) is 9.69 Å². The van der Waals surface area contributed by atoms with E-state index in [1.807, 2.05) is 18.9 Å². The average Bonchev–Trinajstić information content (AvgIpc) is 2.16. The lowest BCUT2D eigenvalue weighted by molar-refractivity contribution is -0.152. The van der Waals surface area contributed by atoms with E-state index in [-0.39, 0.29) is 0 Å². The third-order valence-electron chi connectivity index (χ3n) is 3.78. The van der Waals surface area contributed by atoms with E-state index >= 15 is 0 Å². The summed E-state index contributed by atoms with van der Waals surface area (Å²) in [6.45, 7) is 2.84. The summed E-state index contributed by atoms with van der Waals surface area (Å²) < 4.78 is 0. The van der Waals surface area contributed by atoms with Crippen molar-refractivity contribution in [2.75, 3.05) is 13.6 Å². The van der Waals surface area contributed by atoms with Gasteiger partial charge in [-0.15, -0.1) is 0 Å². The first-order chi connectivity index (χ1) is 7.13. The molecule has 3 nitrogen and oxygen atoms in total. The van der Waals surface area contributed by atoms with Gasteiger partial charge < -0.3 is 5.11 Å². The van der Waals surface area contributed by atoms with Crippen LogP contribution in [-0.2, 0) is 4.79 Å². The first kappa shape index (κ1) is 12.5. The van der Waals surface area contributed by atoms with Gasteiger partial charge in [0.2, 0.25) is 0 Å². The molecule has 88 valence electrons. The molecule has 0 radical (unpaired) electrons. The van der Waals surface area contributed by atoms with Crippen LogP contribution in [0.15, 0.2) is 0 Å². The zero-order valence-electron chi connectivity index (χ0n) is 9.96. The Hall–Kier alpha value is -0.570. The van der Waals surface area contributed by atoms with Gasteiger partial charge in [0.15, 0.2) is 0 Å². The van der Waals surface area contributed by atoms with Gasteiger partial charge >= 0.3 is 5.97 Å². The number of nitrogens with zero attached hydrogens (tertiary/aromatic N) is 1. The molecule has 0 bridgehead atoms. The van der Waals surface area contributed by atoms with Crippen LogP contribution in [0, 0.1) is 0 Å². The molecule has 1 fully saturated rings. The molecular weight excluding hydrogens is 190 g/mol. The molecule has 0 aromatic rings. The Balaban J connectivity index is 2.80. The fraction of sp³-hybridized carbons (Fsp3) is 0.917. The summed E-state index contributed by atoms with van der Waals surface area (Å²) in [5.74, 6) is -0.631. The zero-order chi connectivity index (χ0) is 11.3. The first-order valence-corrected chi connectivity index (χ1v) is 6.08. The Labute approximate surface area is 92.5 Å². The third-order valence-corrected chi connectivity index (χ3v) is 3.78. The molecule has 1 saturated carbocycles. The van der Waals surface area contributed by atoms with Crippen molar-refractivity contribution in [3.05, 3.63) is 0 Å². The lowest BCUT2D eigenvalue weighted by Crippen LogP contribution is -2.53. The number of carboxylic acids is 1. The molecule has 0 aromatic heterocycles. The molecule has 3 heteroatoms. The van der Waals surface area contributed by atoms with E-state index in [0.29, 0.717) is 0 Å². The van der Waals surface area contributed by atoms with E-state index in [1.165, 1.54) is 19.3 Å². The van der Waals surface area contributed by atoms with Crippen molar-refractivity contribution in [2.45, 2.75) is 57.4 Å². The predicted molar refractivity (Wildman–Crippen MR) is 61.0 cm³/mol. The van der Waals surface area contributed by atoms with Crippen LogP contribution >= 0.6 is 0 Å². The minimum atomic E-state index is -0.631. The summed E-state index contributed by atoms with van der Waals surface area (Å²) in [5.41, 5.74) is -0.588. The molecule has 0 heterocycles. The second kappa shape index (κ2) is 5.50. The number of hydrogen-bond acceptors (Lipinski definition) is 2. The molecule has 0 atom stereocenters. The van der Waals surface area contributed by atoms with Crippen molar-refractivity contribution in [1.82, 2.24) is 4.90 Å². The summed E-state index contributed by atoms with van der Waals surface area (Å²) in [4.78, 5) is 13.5. The maximum absolute atomic E-state index is 11.5. The third kappa shape index (κ3) is 2.71. The molecule has 15 heavy (non-hydrogen) atoms. The highest BCUT2D eigenvalue weighted by molar-refractivity contribution is 5.78. The van der Waals surface area contributed by atoms with Gasteiger partial charge in [-0.25, -0.2) is 0 Å². The molecular formula is C12H23NO2. The van der Waals surface area contributed by atoms with Crippen molar-refractivity contribution in [3.63, 3.8) is 0 Å². The van der Waals surface area contributed by atoms with Crippen LogP contribution in [0.1, 0.15) is 51.9 Å². The zero-order valence-corrected chi connectivity index (χ0v) is 9.96. The maximum atomic E-state index is 11.5. The Morgan fingerprint density at radius 1 is 1.20 bits per heavy atom. The molecule has 1 rings (SSSR count). The maximum Gasteiger partial charge on any atom is 0.324 e. The van der Waals surface area contributed by atoms with Crippen LogP contribution in [0.4, 0.5) is 0 Å². The molecule has 0 unspecified atom stereocenters. The Morgan fingerprint density at radius 2 is 1.67 bits per heavy atom. The fourth-order valence-corrected chi connectivity index (χ4v) is 2.55. The topological polar surface area (TPSA) is 40.5 Å². The van der Waals surface area contributed by atoms with Crippen LogP contribution in [0.25, 0.3) is 0 Å². The van der Waals surface area contributed by atoms with Crippen LogP contribution < -0.4 is 0 Å². The van der Waals surface area contributed by atoms with Gasteiger partial charge in [-0.05, 0) is 26.4 Å².